The molecule has 0 radical (unpaired) electrons. The highest BCUT2D eigenvalue weighted by molar-refractivity contribution is 5.86. The van der Waals surface area contributed by atoms with Crippen molar-refractivity contribution in [1.82, 2.24) is 15.2 Å². The molecule has 0 aromatic carbocycles. The van der Waals surface area contributed by atoms with Gasteiger partial charge in [0, 0.05) is 25.5 Å². The number of nitrogens with one attached hydrogen (secondary N) is 1. The lowest BCUT2D eigenvalue weighted by atomic mass is 9.98. The van der Waals surface area contributed by atoms with E-state index < -0.39 is 12.1 Å². The fourth-order valence-corrected chi connectivity index (χ4v) is 2.66. The fourth-order valence-electron chi connectivity index (χ4n) is 2.66. The summed E-state index contributed by atoms with van der Waals surface area (Å²) in [6.07, 6.45) is 4.66. The van der Waals surface area contributed by atoms with Crippen molar-refractivity contribution in [2.45, 2.75) is 31.0 Å². The van der Waals surface area contributed by atoms with Crippen LogP contribution in [0, 0.1) is 0 Å². The second-order valence-corrected chi connectivity index (χ2v) is 5.11. The summed E-state index contributed by atoms with van der Waals surface area (Å²) in [6.45, 7) is -0.0364. The van der Waals surface area contributed by atoms with E-state index in [2.05, 4.69) is 10.3 Å². The second-order valence-electron chi connectivity index (χ2n) is 5.11. The average molecular weight is 275 g/mol. The SMILES string of the molecule is CNC(=O)[C@H]1OCC(=O)N(C2CC2)[C@@H]1c1cccnc1. The number of hydrogen-bond acceptors (Lipinski definition) is 4. The maximum atomic E-state index is 12.2. The van der Waals surface area contributed by atoms with Gasteiger partial charge in [-0.25, -0.2) is 0 Å². The van der Waals surface area contributed by atoms with Crippen molar-refractivity contribution in [2.24, 2.45) is 0 Å². The van der Waals surface area contributed by atoms with Crippen molar-refractivity contribution in [3.05, 3.63) is 30.1 Å². The number of likely N-dealkylation sites (N-methyl/N-ethyl adjacent to an activating group) is 1. The summed E-state index contributed by atoms with van der Waals surface area (Å²) < 4.78 is 5.49. The largest absolute Gasteiger partial charge is 0.357 e. The van der Waals surface area contributed by atoms with E-state index in [0.29, 0.717) is 0 Å². The van der Waals surface area contributed by atoms with Gasteiger partial charge in [-0.3, -0.25) is 14.6 Å². The molecule has 6 nitrogen and oxygen atoms in total. The van der Waals surface area contributed by atoms with Gasteiger partial charge >= 0.3 is 0 Å². The van der Waals surface area contributed by atoms with E-state index in [1.165, 1.54) is 0 Å². The van der Waals surface area contributed by atoms with Crippen molar-refractivity contribution < 1.29 is 14.3 Å². The average Bonchev–Trinajstić information content (AvgIpc) is 3.31. The maximum absolute atomic E-state index is 12.2. The van der Waals surface area contributed by atoms with Crippen LogP contribution in [0.2, 0.25) is 0 Å². The summed E-state index contributed by atoms with van der Waals surface area (Å²) in [6, 6.07) is 3.52. The summed E-state index contributed by atoms with van der Waals surface area (Å²) in [4.78, 5) is 30.1. The van der Waals surface area contributed by atoms with Gasteiger partial charge in [-0.1, -0.05) is 6.07 Å². The van der Waals surface area contributed by atoms with E-state index in [-0.39, 0.29) is 24.5 Å². The number of carbonyl (C=O) groups excluding carboxylic acids is 2. The van der Waals surface area contributed by atoms with Crippen molar-refractivity contribution in [3.63, 3.8) is 0 Å². The van der Waals surface area contributed by atoms with Crippen LogP contribution in [0.1, 0.15) is 24.4 Å². The third kappa shape index (κ3) is 2.27. The minimum absolute atomic E-state index is 0.0364. The molecule has 20 heavy (non-hydrogen) atoms. The maximum Gasteiger partial charge on any atom is 0.251 e. The lowest BCUT2D eigenvalue weighted by Crippen LogP contribution is -2.54. The van der Waals surface area contributed by atoms with Crippen molar-refractivity contribution in [2.75, 3.05) is 13.7 Å². The normalized spacial score (nSPS) is 26.4. The summed E-state index contributed by atoms with van der Waals surface area (Å²) >= 11 is 0. The molecule has 1 aliphatic heterocycles. The number of hydrogen-bond donors (Lipinski definition) is 1. The van der Waals surface area contributed by atoms with E-state index in [1.54, 1.807) is 30.4 Å². The van der Waals surface area contributed by atoms with Gasteiger partial charge in [0.1, 0.15) is 6.61 Å². The molecule has 1 saturated carbocycles. The Morgan fingerprint density at radius 3 is 2.90 bits per heavy atom. The van der Waals surface area contributed by atoms with Crippen LogP contribution in [0.25, 0.3) is 0 Å². The predicted octanol–water partition coefficient (Wildman–Crippen LogP) is 0.258. The van der Waals surface area contributed by atoms with Crippen LogP contribution in [-0.2, 0) is 14.3 Å². The van der Waals surface area contributed by atoms with Gasteiger partial charge in [-0.2, -0.15) is 0 Å². The number of ether oxygens (including phenoxy) is 1. The standard InChI is InChI=1S/C14H17N3O3/c1-15-14(19)13-12(9-3-2-6-16-7-9)17(10-4-5-10)11(18)8-20-13/h2-3,6-7,10,12-13H,4-5,8H2,1H3,(H,15,19)/t12-,13+/m1/s1. The molecular weight excluding hydrogens is 258 g/mol. The van der Waals surface area contributed by atoms with Crippen LogP contribution in [0.15, 0.2) is 24.5 Å². The van der Waals surface area contributed by atoms with Gasteiger partial charge < -0.3 is 15.0 Å². The first kappa shape index (κ1) is 13.1. The van der Waals surface area contributed by atoms with E-state index in [9.17, 15) is 9.59 Å². The minimum atomic E-state index is -0.678. The third-order valence-electron chi connectivity index (χ3n) is 3.73. The zero-order valence-electron chi connectivity index (χ0n) is 11.3. The van der Waals surface area contributed by atoms with Crippen LogP contribution >= 0.6 is 0 Å². The Morgan fingerprint density at radius 1 is 1.50 bits per heavy atom. The van der Waals surface area contributed by atoms with Gasteiger partial charge in [0.05, 0.1) is 6.04 Å². The highest BCUT2D eigenvalue weighted by atomic mass is 16.5. The highest BCUT2D eigenvalue weighted by Gasteiger charge is 2.47. The van der Waals surface area contributed by atoms with Crippen molar-refractivity contribution in [1.29, 1.82) is 0 Å². The molecule has 6 heteroatoms. The van der Waals surface area contributed by atoms with E-state index in [1.807, 2.05) is 6.07 Å². The Labute approximate surface area is 117 Å². The zero-order valence-corrected chi connectivity index (χ0v) is 11.3. The van der Waals surface area contributed by atoms with Crippen LogP contribution < -0.4 is 5.32 Å². The smallest absolute Gasteiger partial charge is 0.251 e. The van der Waals surface area contributed by atoms with Crippen LogP contribution in [0.3, 0.4) is 0 Å². The summed E-state index contributed by atoms with van der Waals surface area (Å²) in [5.41, 5.74) is 0.834. The Balaban J connectivity index is 1.98. The zero-order chi connectivity index (χ0) is 14.1. The first-order valence-corrected chi connectivity index (χ1v) is 6.76. The molecule has 1 aliphatic carbocycles. The van der Waals surface area contributed by atoms with E-state index in [4.69, 9.17) is 4.74 Å². The number of carbonyl (C=O) groups is 2. The van der Waals surface area contributed by atoms with E-state index >= 15 is 0 Å². The van der Waals surface area contributed by atoms with Gasteiger partial charge in [-0.05, 0) is 24.5 Å². The Kier molecular flexibility index (Phi) is 3.40. The molecule has 2 atom stereocenters. The molecule has 2 heterocycles. The third-order valence-corrected chi connectivity index (χ3v) is 3.73. The molecule has 106 valence electrons. The van der Waals surface area contributed by atoms with Crippen LogP contribution in [-0.4, -0.2) is 47.5 Å². The second kappa shape index (κ2) is 5.20. The van der Waals surface area contributed by atoms with Crippen molar-refractivity contribution >= 4 is 11.8 Å². The highest BCUT2D eigenvalue weighted by Crippen LogP contribution is 2.39. The number of pyridine rings is 1. The molecule has 0 spiro atoms. The number of nitrogens with zero attached hydrogens (tertiary/aromatic N) is 2. The number of rotatable bonds is 3. The monoisotopic (exact) mass is 275 g/mol. The predicted molar refractivity (Wildman–Crippen MR) is 70.7 cm³/mol. The minimum Gasteiger partial charge on any atom is -0.357 e. The van der Waals surface area contributed by atoms with Gasteiger partial charge in [0.15, 0.2) is 6.10 Å². The van der Waals surface area contributed by atoms with Crippen molar-refractivity contribution in [3.8, 4) is 0 Å². The summed E-state index contributed by atoms with van der Waals surface area (Å²) in [5.74, 6) is -0.265. The quantitative estimate of drug-likeness (QED) is 0.859. The van der Waals surface area contributed by atoms with Crippen LogP contribution in [0.5, 0.6) is 0 Å². The fraction of sp³-hybridized carbons (Fsp3) is 0.500. The number of amides is 2. The molecule has 1 aromatic rings. The van der Waals surface area contributed by atoms with Gasteiger partial charge in [0.2, 0.25) is 5.91 Å². The molecule has 0 bridgehead atoms. The summed E-state index contributed by atoms with van der Waals surface area (Å²) in [7, 11) is 1.57. The molecule has 1 aromatic heterocycles. The lowest BCUT2D eigenvalue weighted by molar-refractivity contribution is -0.165. The van der Waals surface area contributed by atoms with Gasteiger partial charge in [-0.15, -0.1) is 0 Å². The number of aromatic nitrogens is 1. The molecular formula is C14H17N3O3. The molecule has 2 aliphatic rings. The first-order chi connectivity index (χ1) is 9.72. The molecule has 1 saturated heterocycles. The molecule has 2 fully saturated rings. The Hall–Kier alpha value is -1.95. The molecule has 1 N–H and O–H groups in total. The Morgan fingerprint density at radius 2 is 2.30 bits per heavy atom. The molecule has 2 amide bonds. The molecule has 3 rings (SSSR count). The van der Waals surface area contributed by atoms with E-state index in [0.717, 1.165) is 18.4 Å². The number of morpholine rings is 1. The molecule has 0 unspecified atom stereocenters. The topological polar surface area (TPSA) is 71.5 Å². The summed E-state index contributed by atoms with van der Waals surface area (Å²) in [5, 5.41) is 2.61. The van der Waals surface area contributed by atoms with Crippen LogP contribution in [0.4, 0.5) is 0 Å². The first-order valence-electron chi connectivity index (χ1n) is 6.76. The Bertz CT molecular complexity index is 516. The lowest BCUT2D eigenvalue weighted by Gasteiger charge is -2.40. The van der Waals surface area contributed by atoms with Gasteiger partial charge in [0.25, 0.3) is 5.91 Å².